The standard InChI is InChI=1S/C16H14BrClN2O3S.C16H14BrClN2O2S.C14H9BrClIN2O2S.C3H10Si.C3H6.CH4/c1-9-3-5-11(6-4-9)24(22,23)20-14(10(2)21)7-12-15(18)13(17)8-19-16(12)20;1-3-11-8-13-15(18)14(17)9-19-16(13)20(11)23(21,22)12-6-4-10(2)5-7-12;1-8-2-4-9(5-3-8)22(20,21)19-12(17)6-10-13(16)11(15)7-18-14(10)19;1-4(2)3;1-3-2;/h3-8,10,21H,1-2H3;4-9H,3H2,1-2H3;2-7H,1H3;4H,1-3H3;3H,1H2,2H3;1H4. The Morgan fingerprint density at radius 3 is 1.23 bits per heavy atom. The SMILES string of the molecule is C.C=CC.CCc1cc2c(Cl)c(Br)cnc2n1S(=O)(=O)c1ccc(C)cc1.C[SiH](C)C.Cc1ccc(S(=O)(=O)n2c(C(C)O)cc3c(Cl)c(Br)cnc32)cc1.Cc1ccc(S(=O)(=O)n2c(I)cc3c(Cl)c(Br)cnc32)cc1. The van der Waals surface area contributed by atoms with E-state index >= 15 is 0 Å². The molecule has 0 aliphatic carbocycles. The average Bonchev–Trinajstić information content (AvgIpc) is 4.07. The first-order chi connectivity index (χ1) is 35.6. The molecule has 24 heteroatoms. The fraction of sp³-hybridized carbons (Fsp3) is 0.226. The fourth-order valence-electron chi connectivity index (χ4n) is 6.98. The van der Waals surface area contributed by atoms with Crippen LogP contribution in [0.2, 0.25) is 34.7 Å². The Balaban J connectivity index is 0.000000233. The summed E-state index contributed by atoms with van der Waals surface area (Å²) in [4.78, 5) is 13.3. The van der Waals surface area contributed by atoms with Gasteiger partial charge in [-0.05, 0) is 166 Å². The first kappa shape index (κ1) is 66.1. The second-order valence-corrected chi connectivity index (χ2v) is 31.2. The van der Waals surface area contributed by atoms with Crippen molar-refractivity contribution in [3.8, 4) is 0 Å². The second-order valence-electron chi connectivity index (χ2n) is 17.6. The van der Waals surface area contributed by atoms with Crippen molar-refractivity contribution in [2.45, 2.75) is 95.8 Å². The molecule has 0 fully saturated rings. The third kappa shape index (κ3) is 14.9. The number of hydrogen-bond acceptors (Lipinski definition) is 10. The van der Waals surface area contributed by atoms with E-state index in [-0.39, 0.29) is 42.3 Å². The van der Waals surface area contributed by atoms with Crippen LogP contribution in [0, 0.1) is 24.5 Å². The smallest absolute Gasteiger partial charge is 0.270 e. The van der Waals surface area contributed by atoms with Gasteiger partial charge in [0.05, 0.1) is 58.7 Å². The van der Waals surface area contributed by atoms with Gasteiger partial charge in [0.25, 0.3) is 30.1 Å². The number of fused-ring (bicyclic) bond motifs is 3. The van der Waals surface area contributed by atoms with Crippen molar-refractivity contribution in [1.82, 2.24) is 26.9 Å². The van der Waals surface area contributed by atoms with Gasteiger partial charge < -0.3 is 5.11 Å². The van der Waals surface area contributed by atoms with Crippen LogP contribution in [0.25, 0.3) is 33.1 Å². The van der Waals surface area contributed by atoms with E-state index in [4.69, 9.17) is 34.8 Å². The molecule has 13 nitrogen and oxygen atoms in total. The maximum Gasteiger partial charge on any atom is 0.270 e. The third-order valence-corrected chi connectivity index (χ3v) is 20.6. The summed E-state index contributed by atoms with van der Waals surface area (Å²) in [6.07, 6.45) is 5.76. The number of pyridine rings is 3. The lowest BCUT2D eigenvalue weighted by Crippen LogP contribution is -2.17. The number of allylic oxidation sites excluding steroid dienone is 1. The summed E-state index contributed by atoms with van der Waals surface area (Å²) in [7, 11) is -11.5. The van der Waals surface area contributed by atoms with Gasteiger partial charge in [0, 0.05) is 49.2 Å². The summed E-state index contributed by atoms with van der Waals surface area (Å²) in [5, 5.41) is 13.0. The summed E-state index contributed by atoms with van der Waals surface area (Å²) < 4.78 is 84.0. The summed E-state index contributed by atoms with van der Waals surface area (Å²) in [6.45, 7) is 21.3. The molecule has 0 amide bonds. The Morgan fingerprint density at radius 2 is 0.896 bits per heavy atom. The van der Waals surface area contributed by atoms with Crippen LogP contribution in [-0.2, 0) is 36.5 Å². The van der Waals surface area contributed by atoms with Crippen molar-refractivity contribution in [2.75, 3.05) is 0 Å². The van der Waals surface area contributed by atoms with Gasteiger partial charge in [-0.3, -0.25) is 0 Å². The van der Waals surface area contributed by atoms with Gasteiger partial charge in [0.15, 0.2) is 16.9 Å². The molecule has 0 aliphatic heterocycles. The molecule has 1 N–H and O–H groups in total. The second kappa shape index (κ2) is 27.8. The molecule has 6 aromatic heterocycles. The topological polar surface area (TPSA) is 176 Å². The zero-order valence-corrected chi connectivity index (χ0v) is 55.3. The maximum atomic E-state index is 13.1. The number of aryl methyl sites for hydroxylation is 4. The minimum Gasteiger partial charge on any atom is -0.387 e. The van der Waals surface area contributed by atoms with E-state index < -0.39 is 36.2 Å². The van der Waals surface area contributed by atoms with Crippen LogP contribution < -0.4 is 0 Å². The molecule has 0 spiro atoms. The molecule has 1 unspecified atom stereocenters. The minimum atomic E-state index is -3.92. The van der Waals surface area contributed by atoms with Crippen LogP contribution in [0.4, 0.5) is 0 Å². The Morgan fingerprint density at radius 1 is 0.610 bits per heavy atom. The van der Waals surface area contributed by atoms with Gasteiger partial charge in [0.1, 0.15) is 0 Å². The number of aliphatic hydroxyl groups excluding tert-OH is 1. The maximum absolute atomic E-state index is 13.1. The van der Waals surface area contributed by atoms with Gasteiger partial charge in [-0.1, -0.05) is 128 Å². The van der Waals surface area contributed by atoms with Crippen LogP contribution in [-0.4, -0.2) is 66.0 Å². The summed E-state index contributed by atoms with van der Waals surface area (Å²) in [5.41, 5.74) is 4.64. The van der Waals surface area contributed by atoms with Gasteiger partial charge in [-0.15, -0.1) is 6.58 Å². The number of rotatable bonds is 8. The van der Waals surface area contributed by atoms with Crippen molar-refractivity contribution in [1.29, 1.82) is 0 Å². The van der Waals surface area contributed by atoms with Crippen molar-refractivity contribution in [3.63, 3.8) is 0 Å². The molecule has 0 saturated heterocycles. The van der Waals surface area contributed by atoms with Gasteiger partial charge in [-0.25, -0.2) is 52.1 Å². The molecule has 77 heavy (non-hydrogen) atoms. The number of benzene rings is 3. The van der Waals surface area contributed by atoms with E-state index in [2.05, 4.69) is 89.0 Å². The van der Waals surface area contributed by atoms with E-state index in [1.54, 1.807) is 84.9 Å². The number of aromatic nitrogens is 6. The number of aliphatic hydroxyl groups is 1. The predicted molar refractivity (Wildman–Crippen MR) is 339 cm³/mol. The molecular weight excluding hydrogens is 1430 g/mol. The van der Waals surface area contributed by atoms with Gasteiger partial charge in [-0.2, -0.15) is 0 Å². The van der Waals surface area contributed by atoms with E-state index in [9.17, 15) is 30.4 Å². The van der Waals surface area contributed by atoms with E-state index in [1.807, 2.05) is 57.2 Å². The Labute approximate surface area is 507 Å². The lowest BCUT2D eigenvalue weighted by atomic mass is 10.2. The normalized spacial score (nSPS) is 11.8. The van der Waals surface area contributed by atoms with Crippen molar-refractivity contribution < 1.29 is 30.4 Å². The lowest BCUT2D eigenvalue weighted by molar-refractivity contribution is 0.193. The highest BCUT2D eigenvalue weighted by Crippen LogP contribution is 2.37. The van der Waals surface area contributed by atoms with Crippen LogP contribution in [0.3, 0.4) is 0 Å². The molecule has 0 aliphatic rings. The zero-order valence-electron chi connectivity index (χ0n) is 42.5. The molecule has 6 heterocycles. The quantitative estimate of drug-likeness (QED) is 0.0875. The number of nitrogens with zero attached hydrogens (tertiary/aromatic N) is 6. The fourth-order valence-corrected chi connectivity index (χ4v) is 14.3. The summed E-state index contributed by atoms with van der Waals surface area (Å²) in [6, 6.07) is 25.0. The largest absolute Gasteiger partial charge is 0.387 e. The predicted octanol–water partition coefficient (Wildman–Crippen LogP) is 16.1. The molecular formula is C53H57Br3Cl3IN6O7S3Si. The van der Waals surface area contributed by atoms with Crippen molar-refractivity contribution >= 4 is 177 Å². The Kier molecular flexibility index (Phi) is 23.9. The molecule has 0 radical (unpaired) electrons. The highest BCUT2D eigenvalue weighted by Gasteiger charge is 2.29. The number of halogens is 7. The van der Waals surface area contributed by atoms with E-state index in [0.29, 0.717) is 71.8 Å². The van der Waals surface area contributed by atoms with Gasteiger partial charge >= 0.3 is 0 Å². The first-order valence-electron chi connectivity index (χ1n) is 23.0. The minimum absolute atomic E-state index is 0. The van der Waals surface area contributed by atoms with Crippen LogP contribution in [0.5, 0.6) is 0 Å². The van der Waals surface area contributed by atoms with Crippen molar-refractivity contribution in [2.24, 2.45) is 0 Å². The number of hydrogen-bond donors (Lipinski definition) is 1. The molecule has 3 aromatic carbocycles. The molecule has 0 saturated carbocycles. The zero-order chi connectivity index (χ0) is 56.8. The summed E-state index contributed by atoms with van der Waals surface area (Å²) >= 11 is 30.6. The molecule has 412 valence electrons. The van der Waals surface area contributed by atoms with Crippen LogP contribution in [0.1, 0.15) is 62.4 Å². The first-order valence-corrected chi connectivity index (χ1v) is 35.4. The Bertz CT molecular complexity index is 3920. The lowest BCUT2D eigenvalue weighted by Gasteiger charge is -2.13. The highest BCUT2D eigenvalue weighted by atomic mass is 127. The molecule has 0 bridgehead atoms. The highest BCUT2D eigenvalue weighted by molar-refractivity contribution is 14.1. The van der Waals surface area contributed by atoms with Crippen LogP contribution in [0.15, 0.2) is 150 Å². The van der Waals surface area contributed by atoms with Crippen LogP contribution >= 0.6 is 105 Å². The third-order valence-electron chi connectivity index (χ3n) is 10.6. The van der Waals surface area contributed by atoms with Gasteiger partial charge in [0.2, 0.25) is 0 Å². The summed E-state index contributed by atoms with van der Waals surface area (Å²) in [5.74, 6) is 0. The molecule has 9 rings (SSSR count). The average molecular weight is 1490 g/mol. The molecule has 9 aromatic rings. The van der Waals surface area contributed by atoms with E-state index in [1.165, 1.54) is 45.6 Å². The van der Waals surface area contributed by atoms with Crippen molar-refractivity contribution in [3.05, 3.63) is 183 Å². The van der Waals surface area contributed by atoms with E-state index in [0.717, 1.165) is 20.7 Å². The molecule has 1 atom stereocenters. The monoisotopic (exact) mass is 1480 g/mol. The Hall–Kier alpha value is -3.46.